The van der Waals surface area contributed by atoms with E-state index in [9.17, 15) is 0 Å². The fourth-order valence-electron chi connectivity index (χ4n) is 3.54. The molecule has 1 aromatic rings. The normalized spacial score (nSPS) is 27.2. The van der Waals surface area contributed by atoms with E-state index in [0.29, 0.717) is 6.04 Å². The summed E-state index contributed by atoms with van der Waals surface area (Å²) in [7, 11) is 0. The lowest BCUT2D eigenvalue weighted by atomic mass is 10.1. The number of nitrogens with zero attached hydrogens (tertiary/aromatic N) is 1. The molecule has 1 aliphatic carbocycles. The molecule has 1 fully saturated rings. The molecule has 0 saturated carbocycles. The number of benzene rings is 1. The van der Waals surface area contributed by atoms with Crippen molar-refractivity contribution in [1.29, 1.82) is 0 Å². The van der Waals surface area contributed by atoms with Gasteiger partial charge in [0.1, 0.15) is 0 Å². The largest absolute Gasteiger partial charge is 0.373 e. The summed E-state index contributed by atoms with van der Waals surface area (Å²) in [6, 6.07) is 9.64. The van der Waals surface area contributed by atoms with Crippen LogP contribution in [0.25, 0.3) is 0 Å². The first kappa shape index (κ1) is 9.72. The fourth-order valence-corrected chi connectivity index (χ4v) is 3.54. The zero-order chi connectivity index (χ0) is 11.2. The summed E-state index contributed by atoms with van der Waals surface area (Å²) >= 11 is 0. The van der Waals surface area contributed by atoms with Gasteiger partial charge in [0.2, 0.25) is 0 Å². The molecule has 3 aliphatic rings. The number of rotatable bonds is 1. The quantitative estimate of drug-likeness (QED) is 0.782. The van der Waals surface area contributed by atoms with Crippen LogP contribution < -0.4 is 5.32 Å². The Balaban J connectivity index is 1.55. The third kappa shape index (κ3) is 1.51. The Morgan fingerprint density at radius 1 is 1.12 bits per heavy atom. The van der Waals surface area contributed by atoms with Crippen molar-refractivity contribution in [1.82, 2.24) is 10.2 Å². The van der Waals surface area contributed by atoms with Gasteiger partial charge in [0, 0.05) is 37.8 Å². The van der Waals surface area contributed by atoms with Crippen LogP contribution in [-0.4, -0.2) is 30.6 Å². The zero-order valence-corrected chi connectivity index (χ0v) is 10.0. The maximum Gasteiger partial charge on any atom is 0.0365 e. The van der Waals surface area contributed by atoms with Gasteiger partial charge in [-0.3, -0.25) is 0 Å². The average molecular weight is 226 g/mol. The van der Waals surface area contributed by atoms with E-state index in [0.717, 1.165) is 12.5 Å². The van der Waals surface area contributed by atoms with Crippen molar-refractivity contribution in [2.75, 3.05) is 19.6 Å². The molecule has 1 N–H and O–H groups in total. The highest BCUT2D eigenvalue weighted by Crippen LogP contribution is 2.31. The molecule has 0 amide bonds. The van der Waals surface area contributed by atoms with Gasteiger partial charge >= 0.3 is 0 Å². The summed E-state index contributed by atoms with van der Waals surface area (Å²) in [6.07, 6.45) is 4.90. The van der Waals surface area contributed by atoms with Crippen LogP contribution in [-0.2, 0) is 12.8 Å². The summed E-state index contributed by atoms with van der Waals surface area (Å²) < 4.78 is 0. The fraction of sp³-hybridized carbons (Fsp3) is 0.467. The first-order valence-corrected chi connectivity index (χ1v) is 6.64. The first-order chi connectivity index (χ1) is 8.40. The molecule has 2 heteroatoms. The van der Waals surface area contributed by atoms with Crippen LogP contribution in [0.1, 0.15) is 11.1 Å². The van der Waals surface area contributed by atoms with Crippen LogP contribution in [0.3, 0.4) is 0 Å². The molecule has 0 aromatic heterocycles. The average Bonchev–Trinajstić information content (AvgIpc) is 3.01. The molecule has 1 atom stereocenters. The molecule has 1 unspecified atom stereocenters. The van der Waals surface area contributed by atoms with E-state index in [4.69, 9.17) is 0 Å². The highest BCUT2D eigenvalue weighted by molar-refractivity contribution is 5.34. The number of nitrogens with one attached hydrogen (secondary N) is 1. The second-order valence-corrected chi connectivity index (χ2v) is 5.56. The molecule has 88 valence electrons. The van der Waals surface area contributed by atoms with E-state index in [1.54, 1.807) is 16.7 Å². The van der Waals surface area contributed by atoms with Gasteiger partial charge in [0.05, 0.1) is 0 Å². The van der Waals surface area contributed by atoms with Gasteiger partial charge in [-0.2, -0.15) is 0 Å². The van der Waals surface area contributed by atoms with Crippen molar-refractivity contribution in [3.8, 4) is 0 Å². The third-order valence-corrected chi connectivity index (χ3v) is 4.51. The highest BCUT2D eigenvalue weighted by Gasteiger charge is 2.33. The van der Waals surface area contributed by atoms with E-state index in [2.05, 4.69) is 40.7 Å². The summed E-state index contributed by atoms with van der Waals surface area (Å²) in [4.78, 5) is 2.60. The Labute approximate surface area is 102 Å². The third-order valence-electron chi connectivity index (χ3n) is 4.51. The van der Waals surface area contributed by atoms with Gasteiger partial charge < -0.3 is 10.2 Å². The molecule has 2 heterocycles. The minimum atomic E-state index is 0.713. The number of fused-ring (bicyclic) bond motifs is 2. The lowest BCUT2D eigenvalue weighted by Crippen LogP contribution is -2.32. The van der Waals surface area contributed by atoms with Gasteiger partial charge in [0.25, 0.3) is 0 Å². The van der Waals surface area contributed by atoms with Gasteiger partial charge in [-0.15, -0.1) is 0 Å². The first-order valence-electron chi connectivity index (χ1n) is 6.64. The van der Waals surface area contributed by atoms with E-state index < -0.39 is 0 Å². The van der Waals surface area contributed by atoms with Gasteiger partial charge in [0.15, 0.2) is 0 Å². The summed E-state index contributed by atoms with van der Waals surface area (Å²) in [5, 5.41) is 3.46. The van der Waals surface area contributed by atoms with E-state index in [1.807, 2.05) is 0 Å². The molecule has 0 bridgehead atoms. The summed E-state index contributed by atoms with van der Waals surface area (Å²) in [5.41, 5.74) is 4.75. The minimum absolute atomic E-state index is 0.713. The van der Waals surface area contributed by atoms with Gasteiger partial charge in [-0.25, -0.2) is 0 Å². The molecule has 17 heavy (non-hydrogen) atoms. The standard InChI is InChI=1S/C15H18N2/c1-2-4-12-6-15(5-11(12)3-1)17-9-13-7-16-8-14(13)10-17/h1-4,9,14-16H,5-8,10H2. The minimum Gasteiger partial charge on any atom is -0.373 e. The molecule has 0 radical (unpaired) electrons. The number of hydrogen-bond donors (Lipinski definition) is 1. The Kier molecular flexibility index (Phi) is 2.06. The lowest BCUT2D eigenvalue weighted by molar-refractivity contribution is 0.282. The highest BCUT2D eigenvalue weighted by atomic mass is 15.2. The Morgan fingerprint density at radius 3 is 2.59 bits per heavy atom. The maximum absolute atomic E-state index is 3.46. The van der Waals surface area contributed by atoms with Gasteiger partial charge in [-0.1, -0.05) is 24.3 Å². The van der Waals surface area contributed by atoms with Crippen LogP contribution in [0.15, 0.2) is 36.0 Å². The van der Waals surface area contributed by atoms with Crippen LogP contribution >= 0.6 is 0 Å². The van der Waals surface area contributed by atoms with Crippen LogP contribution in [0.5, 0.6) is 0 Å². The second-order valence-electron chi connectivity index (χ2n) is 5.56. The molecule has 1 saturated heterocycles. The Bertz CT molecular complexity index is 453. The molecular weight excluding hydrogens is 208 g/mol. The summed E-state index contributed by atoms with van der Waals surface area (Å²) in [6.45, 7) is 3.53. The van der Waals surface area contributed by atoms with Crippen LogP contribution in [0.2, 0.25) is 0 Å². The molecular formula is C15H18N2. The SMILES string of the molecule is C1=C2CNCC2CN1C1Cc2ccccc2C1. The predicted molar refractivity (Wildman–Crippen MR) is 68.8 cm³/mol. The molecule has 0 spiro atoms. The predicted octanol–water partition coefficient (Wildman–Crippen LogP) is 1.57. The van der Waals surface area contributed by atoms with E-state index in [1.165, 1.54) is 25.9 Å². The number of hydrogen-bond acceptors (Lipinski definition) is 2. The zero-order valence-electron chi connectivity index (χ0n) is 10.0. The topological polar surface area (TPSA) is 15.3 Å². The monoisotopic (exact) mass is 226 g/mol. The smallest absolute Gasteiger partial charge is 0.0365 e. The van der Waals surface area contributed by atoms with Gasteiger partial charge in [-0.05, 0) is 29.5 Å². The van der Waals surface area contributed by atoms with E-state index in [-0.39, 0.29) is 0 Å². The van der Waals surface area contributed by atoms with Crippen LogP contribution in [0, 0.1) is 5.92 Å². The lowest BCUT2D eigenvalue weighted by Gasteiger charge is -2.25. The van der Waals surface area contributed by atoms with Crippen LogP contribution in [0.4, 0.5) is 0 Å². The molecule has 1 aromatic carbocycles. The Morgan fingerprint density at radius 2 is 1.88 bits per heavy atom. The van der Waals surface area contributed by atoms with Crippen molar-refractivity contribution in [3.63, 3.8) is 0 Å². The second kappa shape index (κ2) is 3.61. The van der Waals surface area contributed by atoms with Crippen molar-refractivity contribution < 1.29 is 0 Å². The van der Waals surface area contributed by atoms with Crippen molar-refractivity contribution in [3.05, 3.63) is 47.2 Å². The van der Waals surface area contributed by atoms with Crippen molar-refractivity contribution >= 4 is 0 Å². The maximum atomic E-state index is 3.46. The molecule has 4 rings (SSSR count). The summed E-state index contributed by atoms with van der Waals surface area (Å²) in [5.74, 6) is 0.790. The molecule has 2 nitrogen and oxygen atoms in total. The van der Waals surface area contributed by atoms with Crippen molar-refractivity contribution in [2.45, 2.75) is 18.9 Å². The Hall–Kier alpha value is -1.28. The molecule has 2 aliphatic heterocycles. The van der Waals surface area contributed by atoms with Crippen molar-refractivity contribution in [2.24, 2.45) is 5.92 Å². The van der Waals surface area contributed by atoms with E-state index >= 15 is 0 Å².